The van der Waals surface area contributed by atoms with Crippen LogP contribution in [0.4, 0.5) is 10.5 Å². The van der Waals surface area contributed by atoms with E-state index >= 15 is 0 Å². The number of halogens is 1. The number of ether oxygens (including phenoxy) is 1. The number of allylic oxidation sites excluding steroid dienone is 1. The number of hydrogen-bond acceptors (Lipinski definition) is 7. The van der Waals surface area contributed by atoms with Gasteiger partial charge in [0.15, 0.2) is 5.88 Å². The molecule has 0 aliphatic heterocycles. The summed E-state index contributed by atoms with van der Waals surface area (Å²) in [4.78, 5) is 12.8. The van der Waals surface area contributed by atoms with Gasteiger partial charge in [0.25, 0.3) is 0 Å². The molecule has 2 rings (SSSR count). The Bertz CT molecular complexity index is 598. The molecule has 0 spiro atoms. The Morgan fingerprint density at radius 3 is 2.95 bits per heavy atom. The second kappa shape index (κ2) is 7.76. The molecule has 0 radical (unpaired) electrons. The highest BCUT2D eigenvalue weighted by atomic mass is 127. The molecule has 0 saturated heterocycles. The van der Waals surface area contributed by atoms with E-state index in [0.29, 0.717) is 11.6 Å². The van der Waals surface area contributed by atoms with Gasteiger partial charge >= 0.3 is 6.03 Å². The molecule has 10 heteroatoms. The van der Waals surface area contributed by atoms with Gasteiger partial charge < -0.3 is 10.5 Å². The first kappa shape index (κ1) is 17.0. The normalized spacial score (nSPS) is 15.1. The number of nitrogens with one attached hydrogen (secondary N) is 1. The Kier molecular flexibility index (Phi) is 5.99. The zero-order valence-corrected chi connectivity index (χ0v) is 14.6. The SMILES string of the molecule is NNC(=O)N(N)c1csc(C2CC2)c1COC(N)=CC=NI. The van der Waals surface area contributed by atoms with Crippen LogP contribution in [0, 0.1) is 0 Å². The molecule has 1 aliphatic carbocycles. The lowest BCUT2D eigenvalue weighted by atomic mass is 10.2. The van der Waals surface area contributed by atoms with Crippen molar-refractivity contribution in [3.05, 3.63) is 27.8 Å². The van der Waals surface area contributed by atoms with Crippen LogP contribution in [0.25, 0.3) is 0 Å². The van der Waals surface area contributed by atoms with Crippen LogP contribution >= 0.6 is 34.2 Å². The van der Waals surface area contributed by atoms with E-state index in [1.807, 2.05) is 33.7 Å². The van der Waals surface area contributed by atoms with E-state index in [1.165, 1.54) is 11.1 Å². The number of amides is 2. The van der Waals surface area contributed by atoms with Crippen LogP contribution in [0.15, 0.2) is 20.5 Å². The van der Waals surface area contributed by atoms with Crippen LogP contribution in [0.2, 0.25) is 0 Å². The third-order valence-electron chi connectivity index (χ3n) is 3.13. The van der Waals surface area contributed by atoms with Crippen molar-refractivity contribution in [2.45, 2.75) is 25.4 Å². The molecule has 1 aromatic heterocycles. The third-order valence-corrected chi connectivity index (χ3v) is 4.63. The Balaban J connectivity index is 2.19. The molecule has 1 heterocycles. The second-order valence-corrected chi connectivity index (χ2v) is 6.13. The zero-order valence-electron chi connectivity index (χ0n) is 11.7. The molecule has 0 aromatic carbocycles. The first-order chi connectivity index (χ1) is 10.6. The summed E-state index contributed by atoms with van der Waals surface area (Å²) in [5.74, 6) is 11.7. The number of carbonyl (C=O) groups is 1. The number of carbonyl (C=O) groups excluding carboxylic acids is 1. The fourth-order valence-electron chi connectivity index (χ4n) is 1.91. The zero-order chi connectivity index (χ0) is 16.1. The lowest BCUT2D eigenvalue weighted by Crippen LogP contribution is -2.47. The molecular weight excluding hydrogens is 419 g/mol. The Hall–Kier alpha value is -1.37. The highest BCUT2D eigenvalue weighted by molar-refractivity contribution is 14.1. The lowest BCUT2D eigenvalue weighted by Gasteiger charge is -2.17. The molecule has 1 aromatic rings. The van der Waals surface area contributed by atoms with Gasteiger partial charge in [-0.2, -0.15) is 0 Å². The van der Waals surface area contributed by atoms with E-state index in [0.717, 1.165) is 23.4 Å². The monoisotopic (exact) mass is 436 g/mol. The summed E-state index contributed by atoms with van der Waals surface area (Å²) in [6.07, 6.45) is 5.35. The second-order valence-electron chi connectivity index (χ2n) is 4.66. The molecule has 0 unspecified atom stereocenters. The van der Waals surface area contributed by atoms with Gasteiger partial charge in [-0.05, 0) is 18.8 Å². The fourth-order valence-corrected chi connectivity index (χ4v) is 3.30. The minimum absolute atomic E-state index is 0.230. The van der Waals surface area contributed by atoms with Gasteiger partial charge in [-0.3, -0.25) is 5.43 Å². The van der Waals surface area contributed by atoms with E-state index in [4.69, 9.17) is 22.2 Å². The van der Waals surface area contributed by atoms with Crippen LogP contribution < -0.4 is 27.9 Å². The highest BCUT2D eigenvalue weighted by Crippen LogP contribution is 2.47. The average molecular weight is 436 g/mol. The minimum Gasteiger partial charge on any atom is -0.474 e. The molecule has 1 saturated carbocycles. The fraction of sp³-hybridized carbons (Fsp3) is 0.333. The minimum atomic E-state index is -0.595. The quantitative estimate of drug-likeness (QED) is 0.134. The van der Waals surface area contributed by atoms with Crippen molar-refractivity contribution in [1.82, 2.24) is 5.43 Å². The standard InChI is InChI=1S/C12H17IN6O2S/c13-17-4-3-10(14)21-5-8-9(19(16)12(20)18-15)6-22-11(8)7-1-2-7/h3-4,6-7H,1-2,5,14-16H2,(H,18,20). The highest BCUT2D eigenvalue weighted by Gasteiger charge is 2.31. The number of urea groups is 1. The van der Waals surface area contributed by atoms with Crippen LogP contribution in [-0.2, 0) is 11.3 Å². The molecule has 2 amide bonds. The predicted molar refractivity (Wildman–Crippen MR) is 95.3 cm³/mol. The van der Waals surface area contributed by atoms with Gasteiger partial charge in [-0.1, -0.05) is 0 Å². The summed E-state index contributed by atoms with van der Waals surface area (Å²) >= 11 is 3.41. The topological polar surface area (TPSA) is 132 Å². The Labute approximate surface area is 145 Å². The van der Waals surface area contributed by atoms with E-state index < -0.39 is 6.03 Å². The molecule has 1 fully saturated rings. The van der Waals surface area contributed by atoms with Crippen LogP contribution in [0.5, 0.6) is 0 Å². The lowest BCUT2D eigenvalue weighted by molar-refractivity contribution is 0.196. The summed E-state index contributed by atoms with van der Waals surface area (Å²) in [6, 6.07) is -0.595. The van der Waals surface area contributed by atoms with Gasteiger partial charge in [-0.25, -0.2) is 24.7 Å². The first-order valence-corrected chi connectivity index (χ1v) is 8.31. The van der Waals surface area contributed by atoms with Gasteiger partial charge in [0.2, 0.25) is 0 Å². The average Bonchev–Trinajstić information content (AvgIpc) is 3.29. The maximum atomic E-state index is 11.6. The maximum absolute atomic E-state index is 11.6. The number of thiophene rings is 1. The van der Waals surface area contributed by atoms with E-state index in [2.05, 4.69) is 3.21 Å². The summed E-state index contributed by atoms with van der Waals surface area (Å²) < 4.78 is 9.29. The van der Waals surface area contributed by atoms with Gasteiger partial charge in [0.1, 0.15) is 6.61 Å². The third kappa shape index (κ3) is 4.09. The predicted octanol–water partition coefficient (Wildman–Crippen LogP) is 1.63. The maximum Gasteiger partial charge on any atom is 0.350 e. The smallest absolute Gasteiger partial charge is 0.350 e. The summed E-state index contributed by atoms with van der Waals surface area (Å²) in [5, 5.41) is 2.81. The van der Waals surface area contributed by atoms with E-state index in [9.17, 15) is 4.79 Å². The number of hydrazine groups is 2. The van der Waals surface area contributed by atoms with Crippen molar-refractivity contribution >= 4 is 52.1 Å². The van der Waals surface area contributed by atoms with Gasteiger partial charge in [0.05, 0.1) is 28.6 Å². The van der Waals surface area contributed by atoms with Crippen molar-refractivity contribution in [2.24, 2.45) is 20.6 Å². The molecule has 22 heavy (non-hydrogen) atoms. The number of rotatable bonds is 6. The molecular formula is C12H17IN6O2S. The van der Waals surface area contributed by atoms with E-state index in [-0.39, 0.29) is 12.5 Å². The van der Waals surface area contributed by atoms with Gasteiger partial charge in [0, 0.05) is 28.1 Å². The van der Waals surface area contributed by atoms with Crippen molar-refractivity contribution in [2.75, 3.05) is 5.01 Å². The van der Waals surface area contributed by atoms with Crippen molar-refractivity contribution in [3.63, 3.8) is 0 Å². The molecule has 0 atom stereocenters. The van der Waals surface area contributed by atoms with Crippen molar-refractivity contribution in [3.8, 4) is 0 Å². The van der Waals surface area contributed by atoms with Crippen LogP contribution in [0.3, 0.4) is 0 Å². The number of nitrogens with zero attached hydrogens (tertiary/aromatic N) is 2. The molecule has 0 bridgehead atoms. The molecule has 8 nitrogen and oxygen atoms in total. The van der Waals surface area contributed by atoms with Crippen molar-refractivity contribution < 1.29 is 9.53 Å². The first-order valence-electron chi connectivity index (χ1n) is 6.47. The van der Waals surface area contributed by atoms with Crippen LogP contribution in [0.1, 0.15) is 29.2 Å². The van der Waals surface area contributed by atoms with Gasteiger partial charge in [-0.15, -0.1) is 11.3 Å². The Morgan fingerprint density at radius 2 is 2.36 bits per heavy atom. The number of nitrogens with two attached hydrogens (primary N) is 3. The summed E-state index contributed by atoms with van der Waals surface area (Å²) in [5.41, 5.74) is 9.18. The molecule has 120 valence electrons. The number of hydrogen-bond donors (Lipinski definition) is 4. The summed E-state index contributed by atoms with van der Waals surface area (Å²) in [7, 11) is 0. The largest absolute Gasteiger partial charge is 0.474 e. The van der Waals surface area contributed by atoms with Crippen LogP contribution in [-0.4, -0.2) is 12.2 Å². The van der Waals surface area contributed by atoms with E-state index in [1.54, 1.807) is 17.4 Å². The van der Waals surface area contributed by atoms with Crippen molar-refractivity contribution in [1.29, 1.82) is 0 Å². The summed E-state index contributed by atoms with van der Waals surface area (Å²) in [6.45, 7) is 0.230. The Morgan fingerprint density at radius 1 is 1.64 bits per heavy atom. The molecule has 1 aliphatic rings. The molecule has 7 N–H and O–H groups in total. The number of anilines is 1.